The zero-order chi connectivity index (χ0) is 10.4. The topological polar surface area (TPSA) is 57.6 Å². The summed E-state index contributed by atoms with van der Waals surface area (Å²) in [5.41, 5.74) is -0.671. The Morgan fingerprint density at radius 2 is 1.79 bits per heavy atom. The Hall–Kier alpha value is -0.130. The van der Waals surface area contributed by atoms with Gasteiger partial charge in [0.2, 0.25) is 10.0 Å². The molecule has 1 N–H and O–H groups in total. The Morgan fingerprint density at radius 1 is 1.29 bits per heavy atom. The van der Waals surface area contributed by atoms with Gasteiger partial charge >= 0.3 is 0 Å². The van der Waals surface area contributed by atoms with E-state index in [-0.39, 0.29) is 5.25 Å². The van der Waals surface area contributed by atoms with Gasteiger partial charge in [0, 0.05) is 13.1 Å². The minimum absolute atomic E-state index is 0.120. The second-order valence-electron chi connectivity index (χ2n) is 4.64. The fourth-order valence-electron chi connectivity index (χ4n) is 1.80. The van der Waals surface area contributed by atoms with Crippen molar-refractivity contribution in [2.75, 3.05) is 13.1 Å². The summed E-state index contributed by atoms with van der Waals surface area (Å²) in [6.07, 6.45) is 2.74. The van der Waals surface area contributed by atoms with Crippen LogP contribution in [-0.4, -0.2) is 41.8 Å². The molecule has 0 aromatic heterocycles. The molecule has 82 valence electrons. The fraction of sp³-hybridized carbons (Fsp3) is 1.00. The summed E-state index contributed by atoms with van der Waals surface area (Å²) in [6.45, 7) is 2.73. The quantitative estimate of drug-likeness (QED) is 0.728. The van der Waals surface area contributed by atoms with Gasteiger partial charge < -0.3 is 5.11 Å². The van der Waals surface area contributed by atoms with E-state index in [4.69, 9.17) is 0 Å². The lowest BCUT2D eigenvalue weighted by Gasteiger charge is -2.35. The van der Waals surface area contributed by atoms with Gasteiger partial charge in [0.05, 0.1) is 10.9 Å². The van der Waals surface area contributed by atoms with E-state index in [0.29, 0.717) is 25.9 Å². The van der Waals surface area contributed by atoms with Crippen LogP contribution in [0.3, 0.4) is 0 Å². The number of piperidine rings is 1. The molecule has 2 fully saturated rings. The maximum absolute atomic E-state index is 11.8. The van der Waals surface area contributed by atoms with Crippen molar-refractivity contribution >= 4 is 10.0 Å². The second-order valence-corrected chi connectivity index (χ2v) is 6.85. The molecule has 1 heterocycles. The number of aliphatic hydroxyl groups is 1. The molecule has 0 radical (unpaired) electrons. The van der Waals surface area contributed by atoms with Crippen LogP contribution in [0.15, 0.2) is 0 Å². The van der Waals surface area contributed by atoms with E-state index in [9.17, 15) is 13.5 Å². The minimum atomic E-state index is -3.02. The second kappa shape index (κ2) is 3.18. The molecule has 0 bridgehead atoms. The highest BCUT2D eigenvalue weighted by atomic mass is 32.2. The first-order valence-corrected chi connectivity index (χ1v) is 6.63. The van der Waals surface area contributed by atoms with Crippen molar-refractivity contribution in [2.24, 2.45) is 0 Å². The third kappa shape index (κ3) is 1.94. The van der Waals surface area contributed by atoms with Crippen molar-refractivity contribution in [1.29, 1.82) is 0 Å². The van der Waals surface area contributed by atoms with Crippen molar-refractivity contribution in [1.82, 2.24) is 4.31 Å². The third-order valence-corrected chi connectivity index (χ3v) is 5.50. The van der Waals surface area contributed by atoms with Crippen molar-refractivity contribution < 1.29 is 13.5 Å². The number of hydrogen-bond donors (Lipinski definition) is 1. The summed E-state index contributed by atoms with van der Waals surface area (Å²) in [4.78, 5) is 0. The molecule has 5 heteroatoms. The summed E-state index contributed by atoms with van der Waals surface area (Å²) < 4.78 is 25.2. The summed E-state index contributed by atoms with van der Waals surface area (Å²) in [6, 6.07) is 0. The van der Waals surface area contributed by atoms with Crippen LogP contribution in [0, 0.1) is 0 Å². The summed E-state index contributed by atoms with van der Waals surface area (Å²) in [5, 5.41) is 9.57. The minimum Gasteiger partial charge on any atom is -0.390 e. The highest BCUT2D eigenvalue weighted by Crippen LogP contribution is 2.33. The van der Waals surface area contributed by atoms with Gasteiger partial charge in [-0.2, -0.15) is 0 Å². The number of sulfonamides is 1. The maximum Gasteiger partial charge on any atom is 0.216 e. The van der Waals surface area contributed by atoms with Crippen LogP contribution in [0.25, 0.3) is 0 Å². The van der Waals surface area contributed by atoms with Gasteiger partial charge in [-0.25, -0.2) is 12.7 Å². The Kier molecular flexibility index (Phi) is 2.36. The molecule has 1 saturated heterocycles. The lowest BCUT2D eigenvalue weighted by atomic mass is 9.95. The predicted octanol–water partition coefficient (Wildman–Crippen LogP) is 0.325. The molecule has 0 unspecified atom stereocenters. The van der Waals surface area contributed by atoms with Gasteiger partial charge in [-0.05, 0) is 32.6 Å². The molecule has 1 aliphatic heterocycles. The highest BCUT2D eigenvalue weighted by molar-refractivity contribution is 7.90. The molecule has 4 nitrogen and oxygen atoms in total. The first kappa shape index (κ1) is 10.4. The molecule has 14 heavy (non-hydrogen) atoms. The van der Waals surface area contributed by atoms with Crippen molar-refractivity contribution in [2.45, 2.75) is 43.5 Å². The molecule has 2 rings (SSSR count). The van der Waals surface area contributed by atoms with Crippen LogP contribution >= 0.6 is 0 Å². The molecule has 1 saturated carbocycles. The van der Waals surface area contributed by atoms with Crippen LogP contribution in [0.5, 0.6) is 0 Å². The molecule has 0 aromatic rings. The highest BCUT2D eigenvalue weighted by Gasteiger charge is 2.42. The standard InChI is InChI=1S/C9H17NO3S/c1-9(11)4-6-10(7-5-9)14(12,13)8-2-3-8/h8,11H,2-7H2,1H3. The average Bonchev–Trinajstić information content (AvgIpc) is 2.85. The number of nitrogens with zero attached hydrogens (tertiary/aromatic N) is 1. The van der Waals surface area contributed by atoms with Crippen LogP contribution in [0.4, 0.5) is 0 Å². The summed E-state index contributed by atoms with van der Waals surface area (Å²) in [7, 11) is -3.02. The van der Waals surface area contributed by atoms with Gasteiger partial charge in [-0.1, -0.05) is 0 Å². The number of rotatable bonds is 2. The third-order valence-electron chi connectivity index (χ3n) is 3.11. The van der Waals surface area contributed by atoms with Crippen molar-refractivity contribution in [3.8, 4) is 0 Å². The Balaban J connectivity index is 2.01. The molecule has 0 atom stereocenters. The van der Waals surface area contributed by atoms with Crippen LogP contribution in [-0.2, 0) is 10.0 Å². The van der Waals surface area contributed by atoms with E-state index in [1.54, 1.807) is 11.2 Å². The first-order chi connectivity index (χ1) is 6.42. The monoisotopic (exact) mass is 219 g/mol. The Labute approximate surface area is 85.0 Å². The van der Waals surface area contributed by atoms with Gasteiger partial charge in [0.1, 0.15) is 0 Å². The van der Waals surface area contributed by atoms with Gasteiger partial charge in [0.15, 0.2) is 0 Å². The summed E-state index contributed by atoms with van der Waals surface area (Å²) in [5.74, 6) is 0. The smallest absolute Gasteiger partial charge is 0.216 e. The van der Waals surface area contributed by atoms with Gasteiger partial charge in [0.25, 0.3) is 0 Å². The van der Waals surface area contributed by atoms with E-state index in [1.807, 2.05) is 0 Å². The molecule has 0 spiro atoms. The van der Waals surface area contributed by atoms with Gasteiger partial charge in [-0.15, -0.1) is 0 Å². The van der Waals surface area contributed by atoms with Crippen LogP contribution < -0.4 is 0 Å². The lowest BCUT2D eigenvalue weighted by Crippen LogP contribution is -2.46. The maximum atomic E-state index is 11.8. The molecule has 1 aliphatic carbocycles. The molecule has 0 amide bonds. The zero-order valence-corrected chi connectivity index (χ0v) is 9.26. The van der Waals surface area contributed by atoms with E-state index >= 15 is 0 Å². The van der Waals surface area contributed by atoms with E-state index in [0.717, 1.165) is 12.8 Å². The average molecular weight is 219 g/mol. The summed E-state index contributed by atoms with van der Waals surface area (Å²) >= 11 is 0. The van der Waals surface area contributed by atoms with E-state index in [1.165, 1.54) is 0 Å². The molecular weight excluding hydrogens is 202 g/mol. The van der Waals surface area contributed by atoms with Gasteiger partial charge in [-0.3, -0.25) is 0 Å². The van der Waals surface area contributed by atoms with E-state index < -0.39 is 15.6 Å². The first-order valence-electron chi connectivity index (χ1n) is 5.13. The van der Waals surface area contributed by atoms with Crippen LogP contribution in [0.2, 0.25) is 0 Å². The van der Waals surface area contributed by atoms with E-state index in [2.05, 4.69) is 0 Å². The Bertz CT molecular complexity index is 309. The normalized spacial score (nSPS) is 29.0. The predicted molar refractivity (Wildman–Crippen MR) is 53.4 cm³/mol. The van der Waals surface area contributed by atoms with Crippen molar-refractivity contribution in [3.63, 3.8) is 0 Å². The molecule has 2 aliphatic rings. The SMILES string of the molecule is CC1(O)CCN(S(=O)(=O)C2CC2)CC1. The van der Waals surface area contributed by atoms with Crippen LogP contribution in [0.1, 0.15) is 32.6 Å². The fourth-order valence-corrected chi connectivity index (χ4v) is 3.64. The number of hydrogen-bond acceptors (Lipinski definition) is 3. The zero-order valence-electron chi connectivity index (χ0n) is 8.44. The largest absolute Gasteiger partial charge is 0.390 e. The molecule has 0 aromatic carbocycles. The lowest BCUT2D eigenvalue weighted by molar-refractivity contribution is 0.0125. The van der Waals surface area contributed by atoms with Crippen molar-refractivity contribution in [3.05, 3.63) is 0 Å². The Morgan fingerprint density at radius 3 is 2.21 bits per heavy atom. The molecular formula is C9H17NO3S.